The first kappa shape index (κ1) is 9.34. The molecule has 1 atom stereocenters. The standard InChI is InChI=1S/C13H18N2/c14-13(10-5-6-10)12-8-7-9-3-1-2-4-11(9)15-12/h7-8,10,13H,1-6,14H2/t13-/m0/s1. The fourth-order valence-corrected chi connectivity index (χ4v) is 2.48. The van der Waals surface area contributed by atoms with Crippen LogP contribution in [0.25, 0.3) is 0 Å². The Kier molecular flexibility index (Phi) is 2.24. The molecule has 0 aromatic carbocycles. The van der Waals surface area contributed by atoms with E-state index in [9.17, 15) is 0 Å². The molecule has 0 spiro atoms. The Labute approximate surface area is 90.9 Å². The molecule has 0 radical (unpaired) electrons. The average Bonchev–Trinajstić information content (AvgIpc) is 3.11. The van der Waals surface area contributed by atoms with Gasteiger partial charge in [-0.05, 0) is 56.1 Å². The predicted molar refractivity (Wildman–Crippen MR) is 60.5 cm³/mol. The molecule has 1 aromatic rings. The van der Waals surface area contributed by atoms with Crippen LogP contribution in [0.15, 0.2) is 12.1 Å². The molecule has 0 saturated heterocycles. The van der Waals surface area contributed by atoms with Crippen molar-refractivity contribution in [2.24, 2.45) is 11.7 Å². The van der Waals surface area contributed by atoms with E-state index < -0.39 is 0 Å². The van der Waals surface area contributed by atoms with E-state index >= 15 is 0 Å². The molecule has 0 aliphatic heterocycles. The van der Waals surface area contributed by atoms with Gasteiger partial charge in [0.2, 0.25) is 0 Å². The van der Waals surface area contributed by atoms with Crippen molar-refractivity contribution in [3.63, 3.8) is 0 Å². The smallest absolute Gasteiger partial charge is 0.0577 e. The maximum absolute atomic E-state index is 6.17. The number of aromatic nitrogens is 1. The van der Waals surface area contributed by atoms with Gasteiger partial charge >= 0.3 is 0 Å². The molecule has 2 aliphatic carbocycles. The van der Waals surface area contributed by atoms with E-state index in [1.165, 1.54) is 43.4 Å². The number of nitrogens with two attached hydrogens (primary N) is 1. The highest BCUT2D eigenvalue weighted by atomic mass is 14.8. The molecular formula is C13H18N2. The molecule has 15 heavy (non-hydrogen) atoms. The molecule has 1 heterocycles. The molecule has 1 saturated carbocycles. The second-order valence-electron chi connectivity index (χ2n) is 4.91. The van der Waals surface area contributed by atoms with Gasteiger partial charge in [0.15, 0.2) is 0 Å². The SMILES string of the molecule is N[C@H](c1ccc2c(n1)CCCC2)C1CC1. The summed E-state index contributed by atoms with van der Waals surface area (Å²) in [5, 5.41) is 0. The molecule has 0 bridgehead atoms. The Bertz CT molecular complexity index is 369. The van der Waals surface area contributed by atoms with Crippen molar-refractivity contribution in [3.8, 4) is 0 Å². The molecule has 2 heteroatoms. The minimum absolute atomic E-state index is 0.192. The van der Waals surface area contributed by atoms with E-state index in [0.29, 0.717) is 5.92 Å². The Hall–Kier alpha value is -0.890. The monoisotopic (exact) mass is 202 g/mol. The topological polar surface area (TPSA) is 38.9 Å². The van der Waals surface area contributed by atoms with Gasteiger partial charge in [-0.1, -0.05) is 6.07 Å². The molecule has 2 nitrogen and oxygen atoms in total. The summed E-state index contributed by atoms with van der Waals surface area (Å²) in [4.78, 5) is 4.75. The minimum atomic E-state index is 0.192. The highest BCUT2D eigenvalue weighted by Gasteiger charge is 2.30. The van der Waals surface area contributed by atoms with Crippen molar-refractivity contribution >= 4 is 0 Å². The fourth-order valence-electron chi connectivity index (χ4n) is 2.48. The summed E-state index contributed by atoms with van der Waals surface area (Å²) >= 11 is 0. The van der Waals surface area contributed by atoms with Gasteiger partial charge < -0.3 is 5.73 Å². The highest BCUT2D eigenvalue weighted by molar-refractivity contribution is 5.27. The largest absolute Gasteiger partial charge is 0.322 e. The third kappa shape index (κ3) is 1.78. The van der Waals surface area contributed by atoms with Gasteiger partial charge in [-0.2, -0.15) is 0 Å². The predicted octanol–water partition coefficient (Wildman–Crippen LogP) is 2.37. The summed E-state index contributed by atoms with van der Waals surface area (Å²) in [7, 11) is 0. The molecule has 1 aromatic heterocycles. The van der Waals surface area contributed by atoms with Gasteiger partial charge in [0.25, 0.3) is 0 Å². The molecule has 1 fully saturated rings. The van der Waals surface area contributed by atoms with Crippen LogP contribution in [0, 0.1) is 5.92 Å². The van der Waals surface area contributed by atoms with Crippen molar-refractivity contribution < 1.29 is 0 Å². The zero-order chi connectivity index (χ0) is 10.3. The van der Waals surface area contributed by atoms with E-state index in [0.717, 1.165) is 12.1 Å². The number of hydrogen-bond donors (Lipinski definition) is 1. The van der Waals surface area contributed by atoms with Gasteiger partial charge in [0.1, 0.15) is 0 Å². The van der Waals surface area contributed by atoms with Gasteiger partial charge in [-0.3, -0.25) is 4.98 Å². The van der Waals surface area contributed by atoms with E-state index in [2.05, 4.69) is 12.1 Å². The van der Waals surface area contributed by atoms with Crippen LogP contribution in [0.1, 0.15) is 48.7 Å². The van der Waals surface area contributed by atoms with Crippen LogP contribution in [0.4, 0.5) is 0 Å². The molecule has 3 rings (SSSR count). The van der Waals surface area contributed by atoms with Crippen LogP contribution >= 0.6 is 0 Å². The fraction of sp³-hybridized carbons (Fsp3) is 0.615. The number of rotatable bonds is 2. The van der Waals surface area contributed by atoms with Crippen LogP contribution in [0.5, 0.6) is 0 Å². The van der Waals surface area contributed by atoms with Crippen LogP contribution in [-0.2, 0) is 12.8 Å². The van der Waals surface area contributed by atoms with Gasteiger partial charge in [-0.25, -0.2) is 0 Å². The second kappa shape index (κ2) is 3.60. The Morgan fingerprint density at radius 3 is 2.80 bits per heavy atom. The van der Waals surface area contributed by atoms with Gasteiger partial charge in [0, 0.05) is 11.7 Å². The van der Waals surface area contributed by atoms with Gasteiger partial charge in [0.05, 0.1) is 5.69 Å². The normalized spacial score (nSPS) is 22.2. The number of nitrogens with zero attached hydrogens (tertiary/aromatic N) is 1. The number of pyridine rings is 1. The summed E-state index contributed by atoms with van der Waals surface area (Å²) in [5.74, 6) is 0.708. The molecule has 0 unspecified atom stereocenters. The Morgan fingerprint density at radius 1 is 1.20 bits per heavy atom. The van der Waals surface area contributed by atoms with Crippen LogP contribution in [0.3, 0.4) is 0 Å². The quantitative estimate of drug-likeness (QED) is 0.799. The van der Waals surface area contributed by atoms with Gasteiger partial charge in [-0.15, -0.1) is 0 Å². The van der Waals surface area contributed by atoms with Crippen LogP contribution in [0.2, 0.25) is 0 Å². The van der Waals surface area contributed by atoms with E-state index in [1.807, 2.05) is 0 Å². The number of hydrogen-bond acceptors (Lipinski definition) is 2. The Balaban J connectivity index is 1.89. The molecule has 80 valence electrons. The van der Waals surface area contributed by atoms with Crippen LogP contribution < -0.4 is 5.73 Å². The summed E-state index contributed by atoms with van der Waals surface area (Å²) < 4.78 is 0. The first-order valence-electron chi connectivity index (χ1n) is 6.09. The third-order valence-electron chi connectivity index (χ3n) is 3.67. The third-order valence-corrected chi connectivity index (χ3v) is 3.67. The van der Waals surface area contributed by atoms with Crippen LogP contribution in [-0.4, -0.2) is 4.98 Å². The summed E-state index contributed by atoms with van der Waals surface area (Å²) in [6, 6.07) is 4.59. The molecular weight excluding hydrogens is 184 g/mol. The lowest BCUT2D eigenvalue weighted by Crippen LogP contribution is -2.16. The van der Waals surface area contributed by atoms with E-state index in [1.54, 1.807) is 0 Å². The maximum Gasteiger partial charge on any atom is 0.0577 e. The summed E-state index contributed by atoms with van der Waals surface area (Å²) in [5.41, 5.74) is 10.1. The Morgan fingerprint density at radius 2 is 2.00 bits per heavy atom. The van der Waals surface area contributed by atoms with Crippen molar-refractivity contribution in [2.75, 3.05) is 0 Å². The maximum atomic E-state index is 6.17. The van der Waals surface area contributed by atoms with Crippen molar-refractivity contribution in [3.05, 3.63) is 29.1 Å². The lowest BCUT2D eigenvalue weighted by molar-refractivity contribution is 0.598. The van der Waals surface area contributed by atoms with E-state index in [-0.39, 0.29) is 6.04 Å². The average molecular weight is 202 g/mol. The molecule has 0 amide bonds. The molecule has 2 aliphatic rings. The minimum Gasteiger partial charge on any atom is -0.322 e. The zero-order valence-corrected chi connectivity index (χ0v) is 9.08. The second-order valence-corrected chi connectivity index (χ2v) is 4.91. The first-order valence-corrected chi connectivity index (χ1v) is 6.09. The molecule has 2 N–H and O–H groups in total. The van der Waals surface area contributed by atoms with Crippen molar-refractivity contribution in [1.29, 1.82) is 0 Å². The summed E-state index contributed by atoms with van der Waals surface area (Å²) in [6.45, 7) is 0. The van der Waals surface area contributed by atoms with E-state index in [4.69, 9.17) is 10.7 Å². The number of aryl methyl sites for hydroxylation is 2. The highest BCUT2D eigenvalue weighted by Crippen LogP contribution is 2.39. The lowest BCUT2D eigenvalue weighted by atomic mass is 9.95. The van der Waals surface area contributed by atoms with Crippen molar-refractivity contribution in [2.45, 2.75) is 44.6 Å². The zero-order valence-electron chi connectivity index (χ0n) is 9.08. The number of fused-ring (bicyclic) bond motifs is 1. The lowest BCUT2D eigenvalue weighted by Gasteiger charge is -2.17. The van der Waals surface area contributed by atoms with Crippen molar-refractivity contribution in [1.82, 2.24) is 4.98 Å². The first-order chi connectivity index (χ1) is 7.34. The summed E-state index contributed by atoms with van der Waals surface area (Å²) in [6.07, 6.45) is 7.56.